The summed E-state index contributed by atoms with van der Waals surface area (Å²) >= 11 is 7.34. The Morgan fingerprint density at radius 1 is 1.09 bits per heavy atom. The standard InChI is InChI=1S/C23H20ClN5O2S/c1-15-3-6-17(7-4-15)22-27-28-23(29(22)19-10-8-18(24)9-11-19)32-14-21(30)26-25-13-20-12-5-16(2)31-20/h3-13H,14H2,1-2H3,(H,26,30)/b25-13+. The lowest BCUT2D eigenvalue weighted by Gasteiger charge is -2.10. The molecule has 162 valence electrons. The highest BCUT2D eigenvalue weighted by atomic mass is 35.5. The molecule has 4 aromatic rings. The number of carbonyl (C=O) groups is 1. The van der Waals surface area contributed by atoms with E-state index in [1.807, 2.05) is 73.0 Å². The zero-order chi connectivity index (χ0) is 22.5. The highest BCUT2D eigenvalue weighted by molar-refractivity contribution is 7.99. The van der Waals surface area contributed by atoms with Crippen LogP contribution in [0.2, 0.25) is 5.02 Å². The lowest BCUT2D eigenvalue weighted by molar-refractivity contribution is -0.118. The number of hydrogen-bond acceptors (Lipinski definition) is 6. The molecule has 0 bridgehead atoms. The number of hydrazone groups is 1. The Hall–Kier alpha value is -3.36. The van der Waals surface area contributed by atoms with Crippen molar-refractivity contribution in [3.05, 3.63) is 82.8 Å². The SMILES string of the molecule is Cc1ccc(-c2nnc(SCC(=O)N/N=C/c3ccc(C)o3)n2-c2ccc(Cl)cc2)cc1. The fourth-order valence-electron chi connectivity index (χ4n) is 2.93. The van der Waals surface area contributed by atoms with E-state index >= 15 is 0 Å². The maximum absolute atomic E-state index is 12.3. The minimum Gasteiger partial charge on any atom is -0.460 e. The number of carbonyl (C=O) groups excluding carboxylic acids is 1. The van der Waals surface area contributed by atoms with Crippen LogP contribution in [0.25, 0.3) is 17.1 Å². The van der Waals surface area contributed by atoms with Crippen LogP contribution in [0.5, 0.6) is 0 Å². The number of nitrogens with zero attached hydrogens (tertiary/aromatic N) is 4. The van der Waals surface area contributed by atoms with Crippen molar-refractivity contribution >= 4 is 35.5 Å². The summed E-state index contributed by atoms with van der Waals surface area (Å²) in [4.78, 5) is 12.3. The van der Waals surface area contributed by atoms with Crippen LogP contribution in [-0.2, 0) is 4.79 Å². The first-order valence-corrected chi connectivity index (χ1v) is 11.2. The minimum absolute atomic E-state index is 0.119. The molecule has 4 rings (SSSR count). The smallest absolute Gasteiger partial charge is 0.250 e. The molecule has 0 aliphatic carbocycles. The molecule has 0 fully saturated rings. The number of hydrogen-bond donors (Lipinski definition) is 1. The number of halogens is 1. The maximum Gasteiger partial charge on any atom is 0.250 e. The van der Waals surface area contributed by atoms with E-state index in [1.165, 1.54) is 18.0 Å². The van der Waals surface area contributed by atoms with Crippen LogP contribution >= 0.6 is 23.4 Å². The molecular weight excluding hydrogens is 446 g/mol. The van der Waals surface area contributed by atoms with Gasteiger partial charge in [-0.1, -0.05) is 53.2 Å². The fourth-order valence-corrected chi connectivity index (χ4v) is 3.80. The molecule has 0 saturated carbocycles. The summed E-state index contributed by atoms with van der Waals surface area (Å²) in [5.41, 5.74) is 5.43. The first kappa shape index (κ1) is 21.9. The molecule has 2 aromatic carbocycles. The second-order valence-corrected chi connectivity index (χ2v) is 8.39. The van der Waals surface area contributed by atoms with Gasteiger partial charge in [-0.05, 0) is 50.2 Å². The van der Waals surface area contributed by atoms with Crippen LogP contribution < -0.4 is 5.43 Å². The van der Waals surface area contributed by atoms with Gasteiger partial charge in [-0.3, -0.25) is 9.36 Å². The third kappa shape index (κ3) is 5.27. The Morgan fingerprint density at radius 2 is 1.84 bits per heavy atom. The lowest BCUT2D eigenvalue weighted by atomic mass is 10.1. The second-order valence-electron chi connectivity index (χ2n) is 7.01. The Bertz CT molecular complexity index is 1250. The molecule has 1 amide bonds. The van der Waals surface area contributed by atoms with Crippen LogP contribution in [0.3, 0.4) is 0 Å². The predicted octanol–water partition coefficient (Wildman–Crippen LogP) is 5.04. The molecule has 2 aromatic heterocycles. The summed E-state index contributed by atoms with van der Waals surface area (Å²) in [7, 11) is 0. The highest BCUT2D eigenvalue weighted by Crippen LogP contribution is 2.28. The van der Waals surface area contributed by atoms with E-state index < -0.39 is 0 Å². The summed E-state index contributed by atoms with van der Waals surface area (Å²) < 4.78 is 7.29. The number of amides is 1. The molecule has 0 radical (unpaired) electrons. The molecule has 0 aliphatic rings. The summed E-state index contributed by atoms with van der Waals surface area (Å²) in [5, 5.41) is 13.9. The van der Waals surface area contributed by atoms with Crippen molar-refractivity contribution in [2.75, 3.05) is 5.75 Å². The lowest BCUT2D eigenvalue weighted by Crippen LogP contribution is -2.19. The quantitative estimate of drug-likeness (QED) is 0.235. The highest BCUT2D eigenvalue weighted by Gasteiger charge is 2.17. The average Bonchev–Trinajstić information content (AvgIpc) is 3.39. The molecule has 1 N–H and O–H groups in total. The molecule has 7 nitrogen and oxygen atoms in total. The summed E-state index contributed by atoms with van der Waals surface area (Å²) in [5.74, 6) is 1.88. The molecule has 2 heterocycles. The average molecular weight is 466 g/mol. The van der Waals surface area contributed by atoms with Gasteiger partial charge < -0.3 is 4.42 Å². The zero-order valence-electron chi connectivity index (χ0n) is 17.4. The van der Waals surface area contributed by atoms with E-state index in [2.05, 4.69) is 20.7 Å². The van der Waals surface area contributed by atoms with Gasteiger partial charge in [0.15, 0.2) is 11.0 Å². The summed E-state index contributed by atoms with van der Waals surface area (Å²) in [6.45, 7) is 3.87. The number of rotatable bonds is 7. The second kappa shape index (κ2) is 9.84. The molecule has 0 aliphatic heterocycles. The van der Waals surface area contributed by atoms with E-state index in [0.717, 1.165) is 22.6 Å². The Kier molecular flexibility index (Phi) is 6.72. The Labute approximate surface area is 194 Å². The van der Waals surface area contributed by atoms with Gasteiger partial charge in [-0.2, -0.15) is 5.10 Å². The summed E-state index contributed by atoms with van der Waals surface area (Å²) in [6, 6.07) is 19.0. The maximum atomic E-state index is 12.3. The van der Waals surface area contributed by atoms with Crippen LogP contribution in [0, 0.1) is 13.8 Å². The van der Waals surface area contributed by atoms with Crippen molar-refractivity contribution in [3.8, 4) is 17.1 Å². The van der Waals surface area contributed by atoms with Crippen molar-refractivity contribution in [1.82, 2.24) is 20.2 Å². The van der Waals surface area contributed by atoms with Gasteiger partial charge in [0, 0.05) is 16.3 Å². The van der Waals surface area contributed by atoms with Gasteiger partial charge in [0.25, 0.3) is 5.91 Å². The number of aromatic nitrogens is 3. The normalized spacial score (nSPS) is 11.2. The molecule has 9 heteroatoms. The molecule has 0 unspecified atom stereocenters. The van der Waals surface area contributed by atoms with Crippen molar-refractivity contribution in [2.45, 2.75) is 19.0 Å². The number of thioether (sulfide) groups is 1. The van der Waals surface area contributed by atoms with E-state index in [4.69, 9.17) is 16.0 Å². The van der Waals surface area contributed by atoms with Crippen molar-refractivity contribution in [1.29, 1.82) is 0 Å². The van der Waals surface area contributed by atoms with Crippen molar-refractivity contribution in [2.24, 2.45) is 5.10 Å². The Balaban J connectivity index is 1.52. The number of nitrogens with one attached hydrogen (secondary N) is 1. The first-order valence-electron chi connectivity index (χ1n) is 9.79. The third-order valence-corrected chi connectivity index (χ3v) is 5.68. The minimum atomic E-state index is -0.267. The van der Waals surface area contributed by atoms with Crippen LogP contribution in [0.15, 0.2) is 75.3 Å². The zero-order valence-corrected chi connectivity index (χ0v) is 19.0. The summed E-state index contributed by atoms with van der Waals surface area (Å²) in [6.07, 6.45) is 1.46. The van der Waals surface area contributed by atoms with E-state index in [0.29, 0.717) is 21.8 Å². The van der Waals surface area contributed by atoms with Gasteiger partial charge in [-0.25, -0.2) is 5.43 Å². The third-order valence-electron chi connectivity index (χ3n) is 4.50. The molecule has 0 atom stereocenters. The monoisotopic (exact) mass is 465 g/mol. The van der Waals surface area contributed by atoms with Gasteiger partial charge in [0.2, 0.25) is 0 Å². The van der Waals surface area contributed by atoms with Gasteiger partial charge in [0.1, 0.15) is 11.5 Å². The molecule has 0 spiro atoms. The van der Waals surface area contributed by atoms with Crippen molar-refractivity contribution < 1.29 is 9.21 Å². The van der Waals surface area contributed by atoms with E-state index in [-0.39, 0.29) is 11.7 Å². The van der Waals surface area contributed by atoms with E-state index in [1.54, 1.807) is 6.07 Å². The van der Waals surface area contributed by atoms with Gasteiger partial charge in [0.05, 0.1) is 12.0 Å². The van der Waals surface area contributed by atoms with E-state index in [9.17, 15) is 4.79 Å². The number of aryl methyl sites for hydroxylation is 2. The number of furan rings is 1. The van der Waals surface area contributed by atoms with Crippen molar-refractivity contribution in [3.63, 3.8) is 0 Å². The number of benzene rings is 2. The molecule has 32 heavy (non-hydrogen) atoms. The fraction of sp³-hybridized carbons (Fsp3) is 0.130. The Morgan fingerprint density at radius 3 is 2.53 bits per heavy atom. The molecule has 0 saturated heterocycles. The molecular formula is C23H20ClN5O2S. The largest absolute Gasteiger partial charge is 0.460 e. The van der Waals surface area contributed by atoms with Crippen LogP contribution in [-0.4, -0.2) is 32.6 Å². The van der Waals surface area contributed by atoms with Gasteiger partial charge in [-0.15, -0.1) is 10.2 Å². The predicted molar refractivity (Wildman–Crippen MR) is 126 cm³/mol. The van der Waals surface area contributed by atoms with Gasteiger partial charge >= 0.3 is 0 Å². The van der Waals surface area contributed by atoms with Crippen LogP contribution in [0.1, 0.15) is 17.1 Å². The van der Waals surface area contributed by atoms with Crippen LogP contribution in [0.4, 0.5) is 0 Å². The first-order chi connectivity index (χ1) is 15.5. The topological polar surface area (TPSA) is 85.3 Å².